The van der Waals surface area contributed by atoms with Crippen molar-refractivity contribution in [3.8, 4) is 0 Å². The average Bonchev–Trinajstić information content (AvgIpc) is 2.53. The highest BCUT2D eigenvalue weighted by atomic mass is 32.2. The Kier molecular flexibility index (Phi) is 6.18. The third kappa shape index (κ3) is 5.54. The molecule has 0 aliphatic carbocycles. The normalized spacial score (nSPS) is 19.9. The summed E-state index contributed by atoms with van der Waals surface area (Å²) >= 11 is 0. The molecule has 2 N–H and O–H groups in total. The molecule has 1 aromatic carbocycles. The number of nitrogens with one attached hydrogen (secondary N) is 2. The molecule has 0 radical (unpaired) electrons. The predicted octanol–water partition coefficient (Wildman–Crippen LogP) is 1.49. The number of amides is 2. The molecule has 1 aliphatic rings. The topological polar surface area (TPSA) is 95.6 Å². The van der Waals surface area contributed by atoms with Crippen LogP contribution in [0.4, 0.5) is 5.69 Å². The van der Waals surface area contributed by atoms with E-state index in [1.54, 1.807) is 6.07 Å². The lowest BCUT2D eigenvalue weighted by molar-refractivity contribution is -0.126. The molecular weight excluding hydrogens is 342 g/mol. The number of hydrogen-bond acceptors (Lipinski definition) is 4. The molecule has 138 valence electrons. The third-order valence-corrected chi connectivity index (χ3v) is 5.56. The summed E-state index contributed by atoms with van der Waals surface area (Å²) in [5.41, 5.74) is 1.54. The van der Waals surface area contributed by atoms with Gasteiger partial charge in [-0.3, -0.25) is 9.59 Å². The van der Waals surface area contributed by atoms with Gasteiger partial charge in [0.2, 0.25) is 21.8 Å². The Morgan fingerprint density at radius 3 is 2.68 bits per heavy atom. The van der Waals surface area contributed by atoms with Gasteiger partial charge < -0.3 is 10.6 Å². The molecule has 1 heterocycles. The van der Waals surface area contributed by atoms with E-state index < -0.39 is 10.0 Å². The van der Waals surface area contributed by atoms with Crippen molar-refractivity contribution in [2.45, 2.75) is 32.7 Å². The molecule has 0 bridgehead atoms. The van der Waals surface area contributed by atoms with E-state index in [9.17, 15) is 18.0 Å². The van der Waals surface area contributed by atoms with Gasteiger partial charge in [-0.25, -0.2) is 12.7 Å². The molecule has 1 aromatic rings. The Bertz CT molecular complexity index is 748. The quantitative estimate of drug-likeness (QED) is 0.824. The lowest BCUT2D eigenvalue weighted by Gasteiger charge is -2.31. The van der Waals surface area contributed by atoms with Crippen LogP contribution in [-0.4, -0.2) is 43.9 Å². The minimum absolute atomic E-state index is 0.147. The number of benzene rings is 1. The number of carbonyl (C=O) groups excluding carboxylic acids is 2. The van der Waals surface area contributed by atoms with E-state index in [-0.39, 0.29) is 30.3 Å². The van der Waals surface area contributed by atoms with E-state index in [1.165, 1.54) is 17.5 Å². The van der Waals surface area contributed by atoms with Gasteiger partial charge in [-0.15, -0.1) is 0 Å². The first-order chi connectivity index (χ1) is 11.7. The van der Waals surface area contributed by atoms with Crippen molar-refractivity contribution < 1.29 is 18.0 Å². The Hall–Kier alpha value is -1.93. The van der Waals surface area contributed by atoms with Gasteiger partial charge in [0, 0.05) is 25.7 Å². The second kappa shape index (κ2) is 7.97. The molecule has 1 aliphatic heterocycles. The lowest BCUT2D eigenvalue weighted by atomic mass is 9.98. The molecule has 2 rings (SSSR count). The van der Waals surface area contributed by atoms with Crippen molar-refractivity contribution >= 4 is 27.5 Å². The van der Waals surface area contributed by atoms with Crippen LogP contribution in [0.2, 0.25) is 0 Å². The van der Waals surface area contributed by atoms with Gasteiger partial charge in [0.1, 0.15) is 0 Å². The molecule has 2 unspecified atom stereocenters. The number of nitrogens with zero attached hydrogens (tertiary/aromatic N) is 1. The molecule has 8 heteroatoms. The highest BCUT2D eigenvalue weighted by Gasteiger charge is 2.30. The third-order valence-electron chi connectivity index (χ3n) is 4.29. The predicted molar refractivity (Wildman–Crippen MR) is 96.4 cm³/mol. The largest absolute Gasteiger partial charge is 0.349 e. The Balaban J connectivity index is 2.01. The van der Waals surface area contributed by atoms with Gasteiger partial charge >= 0.3 is 0 Å². The van der Waals surface area contributed by atoms with Crippen molar-refractivity contribution in [2.75, 3.05) is 24.7 Å². The maximum Gasteiger partial charge on any atom is 0.224 e. The first-order valence-corrected chi connectivity index (χ1v) is 10.1. The standard InChI is InChI=1S/C17H25N3O4S/c1-12(14-6-4-8-16(10-14)19-13(2)21)18-17(22)15-7-5-9-20(11-15)25(3,23)24/h4,6,8,10,12,15H,5,7,9,11H2,1-3H3,(H,18,22)(H,19,21). The summed E-state index contributed by atoms with van der Waals surface area (Å²) in [7, 11) is -3.28. The number of rotatable bonds is 5. The van der Waals surface area contributed by atoms with E-state index >= 15 is 0 Å². The number of anilines is 1. The average molecular weight is 367 g/mol. The first kappa shape index (κ1) is 19.4. The molecule has 0 saturated carbocycles. The van der Waals surface area contributed by atoms with Crippen molar-refractivity contribution in [3.05, 3.63) is 29.8 Å². The minimum Gasteiger partial charge on any atom is -0.349 e. The van der Waals surface area contributed by atoms with Crippen molar-refractivity contribution in [3.63, 3.8) is 0 Å². The van der Waals surface area contributed by atoms with Gasteiger partial charge in [-0.05, 0) is 37.5 Å². The van der Waals surface area contributed by atoms with Gasteiger partial charge in [0.05, 0.1) is 18.2 Å². The van der Waals surface area contributed by atoms with Crippen LogP contribution >= 0.6 is 0 Å². The van der Waals surface area contributed by atoms with Gasteiger partial charge in [0.15, 0.2) is 0 Å². The molecular formula is C17H25N3O4S. The zero-order valence-electron chi connectivity index (χ0n) is 14.8. The summed E-state index contributed by atoms with van der Waals surface area (Å²) in [6.45, 7) is 4.00. The van der Waals surface area contributed by atoms with Gasteiger partial charge in [0.25, 0.3) is 0 Å². The van der Waals surface area contributed by atoms with E-state index in [0.29, 0.717) is 25.1 Å². The summed E-state index contributed by atoms with van der Waals surface area (Å²) in [5.74, 6) is -0.646. The van der Waals surface area contributed by atoms with E-state index in [4.69, 9.17) is 0 Å². The fourth-order valence-corrected chi connectivity index (χ4v) is 3.87. The fraction of sp³-hybridized carbons (Fsp3) is 0.529. The van der Waals surface area contributed by atoms with Crippen LogP contribution in [-0.2, 0) is 19.6 Å². The lowest BCUT2D eigenvalue weighted by Crippen LogP contribution is -2.45. The van der Waals surface area contributed by atoms with Crippen LogP contribution in [0.3, 0.4) is 0 Å². The second-order valence-corrected chi connectivity index (χ2v) is 8.48. The molecule has 25 heavy (non-hydrogen) atoms. The maximum absolute atomic E-state index is 12.5. The van der Waals surface area contributed by atoms with Crippen LogP contribution in [0.25, 0.3) is 0 Å². The van der Waals surface area contributed by atoms with E-state index in [0.717, 1.165) is 5.56 Å². The van der Waals surface area contributed by atoms with Crippen molar-refractivity contribution in [2.24, 2.45) is 5.92 Å². The molecule has 2 atom stereocenters. The highest BCUT2D eigenvalue weighted by molar-refractivity contribution is 7.88. The summed E-state index contributed by atoms with van der Waals surface area (Å²) in [4.78, 5) is 23.7. The Labute approximate surface area is 148 Å². The second-order valence-electron chi connectivity index (χ2n) is 6.50. The number of sulfonamides is 1. The van der Waals surface area contributed by atoms with Crippen LogP contribution < -0.4 is 10.6 Å². The van der Waals surface area contributed by atoms with Crippen LogP contribution in [0, 0.1) is 5.92 Å². The smallest absolute Gasteiger partial charge is 0.224 e. The highest BCUT2D eigenvalue weighted by Crippen LogP contribution is 2.22. The summed E-state index contributed by atoms with van der Waals surface area (Å²) in [6, 6.07) is 7.05. The summed E-state index contributed by atoms with van der Waals surface area (Å²) in [5, 5.41) is 5.66. The maximum atomic E-state index is 12.5. The molecule has 0 aromatic heterocycles. The molecule has 1 fully saturated rings. The number of carbonyl (C=O) groups is 2. The first-order valence-electron chi connectivity index (χ1n) is 8.30. The summed E-state index contributed by atoms with van der Waals surface area (Å²) < 4.78 is 24.7. The Morgan fingerprint density at radius 1 is 1.32 bits per heavy atom. The molecule has 0 spiro atoms. The molecule has 2 amide bonds. The fourth-order valence-electron chi connectivity index (χ4n) is 2.96. The van der Waals surface area contributed by atoms with E-state index in [1.807, 2.05) is 25.1 Å². The van der Waals surface area contributed by atoms with Crippen molar-refractivity contribution in [1.82, 2.24) is 9.62 Å². The molecule has 1 saturated heterocycles. The minimum atomic E-state index is -3.28. The zero-order valence-corrected chi connectivity index (χ0v) is 15.6. The zero-order chi connectivity index (χ0) is 18.6. The van der Waals surface area contributed by atoms with E-state index in [2.05, 4.69) is 10.6 Å². The van der Waals surface area contributed by atoms with Gasteiger partial charge in [-0.1, -0.05) is 12.1 Å². The number of piperidine rings is 1. The number of hydrogen-bond donors (Lipinski definition) is 2. The SMILES string of the molecule is CC(=O)Nc1cccc(C(C)NC(=O)C2CCCN(S(C)(=O)=O)C2)c1. The van der Waals surface area contributed by atoms with Crippen LogP contribution in [0.1, 0.15) is 38.3 Å². The van der Waals surface area contributed by atoms with Crippen molar-refractivity contribution in [1.29, 1.82) is 0 Å². The monoisotopic (exact) mass is 367 g/mol. The summed E-state index contributed by atoms with van der Waals surface area (Å²) in [6.07, 6.45) is 2.53. The van der Waals surface area contributed by atoms with Crippen LogP contribution in [0.5, 0.6) is 0 Å². The van der Waals surface area contributed by atoms with Crippen LogP contribution in [0.15, 0.2) is 24.3 Å². The van der Waals surface area contributed by atoms with Gasteiger partial charge in [-0.2, -0.15) is 0 Å². The molecule has 7 nitrogen and oxygen atoms in total. The Morgan fingerprint density at radius 2 is 2.04 bits per heavy atom.